The number of hydrogen-bond acceptors (Lipinski definition) is 23. The maximum atomic E-state index is 15.5. The molecule has 0 saturated carbocycles. The van der Waals surface area contributed by atoms with E-state index in [9.17, 15) is 28.7 Å². The molecule has 3 aliphatic heterocycles. The number of amides is 4. The predicted octanol–water partition coefficient (Wildman–Crippen LogP) is 18.2. The Bertz CT molecular complexity index is 6710. The molecular weight excluding hydrogens is 1850 g/mol. The first-order chi connectivity index (χ1) is 65.5. The topological polar surface area (TPSA) is 390 Å². The van der Waals surface area contributed by atoms with Crippen LogP contribution < -0.4 is 47.2 Å². The molecule has 10 N–H and O–H groups in total. The number of imidazole rings is 4. The van der Waals surface area contributed by atoms with E-state index in [4.69, 9.17) is 101 Å². The number of rotatable bonds is 24. The molecule has 734 valence electrons. The van der Waals surface area contributed by atoms with E-state index in [-0.39, 0.29) is 115 Å². The molecule has 0 spiro atoms. The Hall–Kier alpha value is -12.7. The van der Waals surface area contributed by atoms with Crippen molar-refractivity contribution in [1.82, 2.24) is 72.2 Å². The van der Waals surface area contributed by atoms with Gasteiger partial charge in [-0.05, 0) is 170 Å². The minimum atomic E-state index is -0.921. The van der Waals surface area contributed by atoms with Crippen LogP contribution in [0.1, 0.15) is 255 Å². The van der Waals surface area contributed by atoms with Gasteiger partial charge in [0.2, 0.25) is 0 Å². The van der Waals surface area contributed by atoms with Gasteiger partial charge >= 0.3 is 0 Å². The third-order valence-electron chi connectivity index (χ3n) is 24.4. The van der Waals surface area contributed by atoms with Crippen LogP contribution in [0, 0.1) is 56.8 Å². The van der Waals surface area contributed by atoms with Gasteiger partial charge in [0, 0.05) is 148 Å². The number of hydrogen-bond donors (Lipinski definition) is 6. The quantitative estimate of drug-likeness (QED) is 0.0306. The molecule has 6 unspecified atom stereocenters. The number of anilines is 5. The molecule has 8 aromatic heterocycles. The number of likely N-dealkylation sites (tertiary alicyclic amines) is 3. The number of aliphatic hydroxyl groups excluding tert-OH is 1. The summed E-state index contributed by atoms with van der Waals surface area (Å²) in [7, 11) is 3.27. The van der Waals surface area contributed by atoms with Gasteiger partial charge in [-0.3, -0.25) is 36.8 Å². The summed E-state index contributed by atoms with van der Waals surface area (Å²) in [4.78, 5) is 94.1. The Balaban J connectivity index is 0.000000155. The molecule has 13 aromatic rings. The monoisotopic (exact) mass is 1960 g/mol. The zero-order chi connectivity index (χ0) is 100. The zero-order valence-corrected chi connectivity index (χ0v) is 82.5. The lowest BCUT2D eigenvalue weighted by atomic mass is 9.95. The molecule has 16 rings (SSSR count). The molecule has 6 atom stereocenters. The third kappa shape index (κ3) is 21.4. The number of nitrogen functional groups attached to an aromatic ring is 4. The number of benzene rings is 5. The van der Waals surface area contributed by atoms with Crippen molar-refractivity contribution in [3.8, 4) is 23.0 Å². The van der Waals surface area contributed by atoms with Crippen molar-refractivity contribution in [2.75, 3.05) is 81.8 Å². The number of β-amino-alcohol motifs (C(OH)–C–C–N with tert-alkyl or cyclic N) is 1. The highest BCUT2D eigenvalue weighted by molar-refractivity contribution is 6.32. The van der Waals surface area contributed by atoms with Crippen molar-refractivity contribution in [1.29, 1.82) is 0 Å². The summed E-state index contributed by atoms with van der Waals surface area (Å²) in [5.74, 6) is -2.73. The second-order valence-corrected chi connectivity index (χ2v) is 36.8. The number of methoxy groups -OCH3 is 2. The lowest BCUT2D eigenvalue weighted by Crippen LogP contribution is -2.42. The predicted molar refractivity (Wildman–Crippen MR) is 520 cm³/mol. The lowest BCUT2D eigenvalue weighted by Gasteiger charge is -2.32. The molecule has 138 heavy (non-hydrogen) atoms. The van der Waals surface area contributed by atoms with E-state index in [1.165, 1.54) is 53.4 Å². The fourth-order valence-corrected chi connectivity index (χ4v) is 18.6. The first kappa shape index (κ1) is 103. The van der Waals surface area contributed by atoms with E-state index in [0.717, 1.165) is 24.1 Å². The smallest absolute Gasteiger partial charge is 0.262 e. The molecule has 5 aromatic carbocycles. The highest BCUT2D eigenvalue weighted by Crippen LogP contribution is 2.47. The van der Waals surface area contributed by atoms with Crippen LogP contribution in [0.25, 0.3) is 22.1 Å². The van der Waals surface area contributed by atoms with E-state index in [1.807, 2.05) is 96.3 Å². The lowest BCUT2D eigenvalue weighted by molar-refractivity contribution is 0.0345. The highest BCUT2D eigenvalue weighted by atomic mass is 35.5. The number of aromatic nitrogens is 12. The summed E-state index contributed by atoms with van der Waals surface area (Å²) < 4.78 is 117. The van der Waals surface area contributed by atoms with Crippen LogP contribution in [0.4, 0.5) is 50.9 Å². The number of nitrogens with zero attached hydrogens (tertiary/aromatic N) is 15. The van der Waals surface area contributed by atoms with E-state index >= 15 is 17.6 Å². The van der Waals surface area contributed by atoms with Gasteiger partial charge in [-0.1, -0.05) is 68.6 Å². The largest absolute Gasteiger partial charge is 0.490 e. The molecule has 3 aliphatic rings. The van der Waals surface area contributed by atoms with Crippen molar-refractivity contribution >= 4 is 109 Å². The molecule has 0 aliphatic carbocycles. The number of nitrogens with one attached hydrogen (secondary N) is 1. The minimum Gasteiger partial charge on any atom is -0.490 e. The normalized spacial score (nSPS) is 15.6. The van der Waals surface area contributed by atoms with Crippen molar-refractivity contribution in [2.24, 2.45) is 0 Å². The molecular formula is C99H116Cl3F5N20O11. The van der Waals surface area contributed by atoms with Crippen LogP contribution in [0.15, 0.2) is 104 Å². The minimum absolute atomic E-state index is 0.0418. The van der Waals surface area contributed by atoms with Crippen LogP contribution in [-0.4, -0.2) is 197 Å². The molecule has 0 bridgehead atoms. The summed E-state index contributed by atoms with van der Waals surface area (Å²) in [5, 5.41) is 12.1. The summed E-state index contributed by atoms with van der Waals surface area (Å²) in [6.07, 6.45) is 15.9. The number of aliphatic hydroxyl groups is 1. The molecule has 0 radical (unpaired) electrons. The zero-order valence-electron chi connectivity index (χ0n) is 80.2. The van der Waals surface area contributed by atoms with Gasteiger partial charge in [-0.25, -0.2) is 61.8 Å². The fourth-order valence-electron chi connectivity index (χ4n) is 17.9. The van der Waals surface area contributed by atoms with E-state index in [2.05, 4.69) is 30.2 Å². The summed E-state index contributed by atoms with van der Waals surface area (Å²) in [5.41, 5.74) is 31.7. The van der Waals surface area contributed by atoms with Gasteiger partial charge in [-0.15, -0.1) is 0 Å². The highest BCUT2D eigenvalue weighted by Gasteiger charge is 2.40. The summed E-state index contributed by atoms with van der Waals surface area (Å²) >= 11 is 18.9. The molecule has 11 heterocycles. The van der Waals surface area contributed by atoms with Crippen molar-refractivity contribution in [3.63, 3.8) is 0 Å². The van der Waals surface area contributed by atoms with Crippen LogP contribution in [0.3, 0.4) is 0 Å². The van der Waals surface area contributed by atoms with Crippen LogP contribution in [0.5, 0.6) is 23.0 Å². The van der Waals surface area contributed by atoms with Crippen molar-refractivity contribution < 1.29 is 74.7 Å². The SMILES string of the molecule is COC1CCN(C(=O)c2c(F)c(Cl)cc(C(C)c3nc(C)c4c(N)nccn34)c2OC(C)C)CC1.COCC1CCCN1C(=O)c1c(F)ccc(C(C)c2nc(C)c3c(N)nccn23)c1OC(C)C.Cc1nc(C(C)c2cc(Cl)c(F)c(C(=O)N3CCCC(O)C3)c2OC(C)C)n2ccnc(N)c12.Cc1nc(C(C)c2cc(Cl)c(F)c(C(=O)Nc3ccc(F)cc3)c2OC(C)C)n2ccnc(N)c12. The van der Waals surface area contributed by atoms with Gasteiger partial charge in [0.15, 0.2) is 17.5 Å². The van der Waals surface area contributed by atoms with Gasteiger partial charge in [-0.2, -0.15) is 0 Å². The average molecular weight is 1960 g/mol. The Labute approximate surface area is 811 Å². The van der Waals surface area contributed by atoms with Crippen LogP contribution >= 0.6 is 34.8 Å². The standard InChI is InChI=1S/C25H24ClF2N5O2.C25H31ClFN5O3.C25H32FN5O3.C24H29ClFN5O3/c1-12(2)35-22-17(13(3)24-31-14(4)21-23(29)30-9-10-33(21)24)11-18(26)20(28)19(22)25(34)32-16-7-5-15(27)6-8-16;1-13(2)35-22-17(14(3)24-30-15(4)21-23(28)29-8-11-32(21)24)12-18(26)20(27)19(22)25(33)31-9-6-16(34-5)7-10-31;1-14(2)34-22-18(15(3)24-29-16(4)21-23(27)28-10-12-31(21)24)8-9-19(26)20(22)25(32)30-11-6-7-17(30)13-33-5;1-12(2)34-21-16(13(3)23-29-14(4)20-22(27)28-7-9-31(20)23)10-17(25)19(26)18(21)24(33)30-8-5-6-15(32)11-30/h5-13H,1-4H3,(H2,29,30)(H,32,34);8,11-14,16H,6-7,9-10H2,1-5H3,(H2,28,29);8-10,12,14-15,17H,6-7,11,13H2,1-5H3,(H2,27,28);7,9-10,12-13,15,32H,5-6,8,11H2,1-4H3,(H2,27,28). The number of ether oxygens (including phenoxy) is 6. The second kappa shape index (κ2) is 43.5. The number of nitrogens with two attached hydrogens (primary N) is 4. The molecule has 3 fully saturated rings. The maximum absolute atomic E-state index is 15.5. The summed E-state index contributed by atoms with van der Waals surface area (Å²) in [6, 6.07) is 12.5. The Morgan fingerprint density at radius 1 is 0.449 bits per heavy atom. The van der Waals surface area contributed by atoms with Gasteiger partial charge < -0.3 is 76.5 Å². The number of halogens is 8. The number of carbonyl (C=O) groups excluding carboxylic acids is 4. The fraction of sp³-hybridized carbons (Fsp3) is 0.414. The number of piperidine rings is 2. The van der Waals surface area contributed by atoms with E-state index < -0.39 is 70.7 Å². The Kier molecular flexibility index (Phi) is 32.4. The third-order valence-corrected chi connectivity index (χ3v) is 25.2. The average Bonchev–Trinajstić information content (AvgIpc) is 1.55. The molecule has 3 saturated heterocycles. The maximum Gasteiger partial charge on any atom is 0.262 e. The van der Waals surface area contributed by atoms with Crippen LogP contribution in [0.2, 0.25) is 15.1 Å². The molecule has 31 nitrogen and oxygen atoms in total. The number of fused-ring (bicyclic) bond motifs is 4. The van der Waals surface area contributed by atoms with Crippen LogP contribution in [-0.2, 0) is 9.47 Å². The van der Waals surface area contributed by atoms with Gasteiger partial charge in [0.25, 0.3) is 23.6 Å². The first-order valence-corrected chi connectivity index (χ1v) is 46.8. The van der Waals surface area contributed by atoms with E-state index in [0.29, 0.717) is 167 Å². The van der Waals surface area contributed by atoms with Gasteiger partial charge in [0.1, 0.15) is 126 Å². The summed E-state index contributed by atoms with van der Waals surface area (Å²) in [6.45, 7) is 32.0. The second-order valence-electron chi connectivity index (χ2n) is 35.6. The van der Waals surface area contributed by atoms with Crippen molar-refractivity contribution in [3.05, 3.63) is 239 Å². The Morgan fingerprint density at radius 2 is 0.804 bits per heavy atom. The molecule has 39 heteroatoms. The molecule has 4 amide bonds. The van der Waals surface area contributed by atoms with Crippen molar-refractivity contribution in [2.45, 2.75) is 216 Å². The van der Waals surface area contributed by atoms with Gasteiger partial charge in [0.05, 0.1) is 87.1 Å². The number of carbonyl (C=O) groups is 4. The van der Waals surface area contributed by atoms with E-state index in [1.54, 1.807) is 112 Å². The Morgan fingerprint density at radius 3 is 1.17 bits per heavy atom. The first-order valence-electron chi connectivity index (χ1n) is 45.6. The number of aryl methyl sites for hydroxylation is 4.